The third kappa shape index (κ3) is 4.12. The highest BCUT2D eigenvalue weighted by Gasteiger charge is 2.39. The molecular weight excluding hydrogens is 352 g/mol. The van der Waals surface area contributed by atoms with Gasteiger partial charge in [-0.1, -0.05) is 55.3 Å². The Labute approximate surface area is 166 Å². The van der Waals surface area contributed by atoms with Crippen molar-refractivity contribution >= 4 is 5.91 Å². The summed E-state index contributed by atoms with van der Waals surface area (Å²) in [6.45, 7) is 2.62. The van der Waals surface area contributed by atoms with Gasteiger partial charge in [0.1, 0.15) is 0 Å². The van der Waals surface area contributed by atoms with E-state index in [4.69, 9.17) is 0 Å². The van der Waals surface area contributed by atoms with E-state index in [0.29, 0.717) is 25.3 Å². The average molecular weight is 383 g/mol. The van der Waals surface area contributed by atoms with Crippen LogP contribution < -0.4 is 0 Å². The van der Waals surface area contributed by atoms with Crippen LogP contribution in [-0.2, 0) is 4.79 Å². The number of unbranched alkanes of at least 4 members (excludes halogenated alkanes) is 2. The van der Waals surface area contributed by atoms with Crippen molar-refractivity contribution in [3.05, 3.63) is 47.8 Å². The Hall–Kier alpha value is -2.21. The third-order valence-corrected chi connectivity index (χ3v) is 6.03. The summed E-state index contributed by atoms with van der Waals surface area (Å²) in [7, 11) is 0. The maximum atomic E-state index is 13.1. The number of likely N-dealkylation sites (tertiary alicyclic amines) is 1. The lowest BCUT2D eigenvalue weighted by Crippen LogP contribution is -2.48. The molecule has 150 valence electrons. The highest BCUT2D eigenvalue weighted by Crippen LogP contribution is 2.40. The van der Waals surface area contributed by atoms with Gasteiger partial charge in [0.2, 0.25) is 5.91 Å². The van der Waals surface area contributed by atoms with Crippen molar-refractivity contribution in [3.8, 4) is 0 Å². The first-order chi connectivity index (χ1) is 13.7. The van der Waals surface area contributed by atoms with Gasteiger partial charge in [-0.25, -0.2) is 4.68 Å². The molecule has 2 aromatic rings. The van der Waals surface area contributed by atoms with Gasteiger partial charge in [-0.15, -0.1) is 5.10 Å². The minimum absolute atomic E-state index is 0.0898. The molecule has 1 amide bonds. The van der Waals surface area contributed by atoms with Crippen LogP contribution in [0.5, 0.6) is 0 Å². The number of hydrogen-bond donors (Lipinski definition) is 1. The number of aromatic nitrogens is 3. The van der Waals surface area contributed by atoms with Crippen LogP contribution in [0.1, 0.15) is 81.1 Å². The summed E-state index contributed by atoms with van der Waals surface area (Å²) >= 11 is 0. The zero-order valence-electron chi connectivity index (χ0n) is 16.6. The zero-order chi connectivity index (χ0) is 19.5. The molecule has 6 nitrogen and oxygen atoms in total. The van der Waals surface area contributed by atoms with E-state index in [1.54, 1.807) is 4.68 Å². The van der Waals surface area contributed by atoms with Crippen molar-refractivity contribution in [1.29, 1.82) is 0 Å². The van der Waals surface area contributed by atoms with Crippen molar-refractivity contribution < 1.29 is 9.90 Å². The molecule has 28 heavy (non-hydrogen) atoms. The molecule has 2 aliphatic rings. The standard InChI is InChI=1S/C22H30N4O2/c1-2-3-5-10-22(28)25-15-20(26-14-18(23-24-26)16-11-12-16)21(27)13-19(25)17-8-6-4-7-9-17/h4,6-9,14,16,19-21,27H,2-3,5,10-13,15H2,1H3/t19-,20+,21+/m0/s1. The minimum atomic E-state index is -0.557. The lowest BCUT2D eigenvalue weighted by Gasteiger charge is -2.42. The van der Waals surface area contributed by atoms with Crippen LogP contribution in [0.15, 0.2) is 36.5 Å². The zero-order valence-corrected chi connectivity index (χ0v) is 16.6. The average Bonchev–Trinajstić information content (AvgIpc) is 3.46. The van der Waals surface area contributed by atoms with E-state index < -0.39 is 6.10 Å². The number of rotatable bonds is 7. The summed E-state index contributed by atoms with van der Waals surface area (Å²) in [4.78, 5) is 15.0. The first-order valence-corrected chi connectivity index (χ1v) is 10.6. The monoisotopic (exact) mass is 382 g/mol. The number of piperidine rings is 1. The van der Waals surface area contributed by atoms with E-state index >= 15 is 0 Å². The Kier molecular flexibility index (Phi) is 5.76. The molecule has 3 atom stereocenters. The van der Waals surface area contributed by atoms with Crippen LogP contribution in [-0.4, -0.2) is 43.6 Å². The van der Waals surface area contributed by atoms with Crippen LogP contribution in [0.2, 0.25) is 0 Å². The van der Waals surface area contributed by atoms with Crippen LogP contribution in [0.3, 0.4) is 0 Å². The Morgan fingerprint density at radius 2 is 2.00 bits per heavy atom. The fraction of sp³-hybridized carbons (Fsp3) is 0.591. The van der Waals surface area contributed by atoms with Gasteiger partial charge >= 0.3 is 0 Å². The molecule has 0 unspecified atom stereocenters. The lowest BCUT2D eigenvalue weighted by molar-refractivity contribution is -0.139. The number of aliphatic hydroxyl groups is 1. The van der Waals surface area contributed by atoms with Crippen molar-refractivity contribution in [2.75, 3.05) is 6.54 Å². The molecule has 0 radical (unpaired) electrons. The largest absolute Gasteiger partial charge is 0.391 e. The summed E-state index contributed by atoms with van der Waals surface area (Å²) in [5.74, 6) is 0.695. The highest BCUT2D eigenvalue weighted by atomic mass is 16.3. The van der Waals surface area contributed by atoms with Gasteiger partial charge < -0.3 is 10.0 Å². The van der Waals surface area contributed by atoms with E-state index in [1.807, 2.05) is 41.4 Å². The van der Waals surface area contributed by atoms with Crippen molar-refractivity contribution in [2.45, 2.75) is 76.0 Å². The summed E-state index contributed by atoms with van der Waals surface area (Å²) in [5, 5.41) is 19.5. The number of hydrogen-bond acceptors (Lipinski definition) is 4. The predicted molar refractivity (Wildman–Crippen MR) is 107 cm³/mol. The van der Waals surface area contributed by atoms with E-state index in [1.165, 1.54) is 12.8 Å². The molecule has 4 rings (SSSR count). The summed E-state index contributed by atoms with van der Waals surface area (Å²) < 4.78 is 1.78. The molecule has 0 bridgehead atoms. The summed E-state index contributed by atoms with van der Waals surface area (Å²) in [6, 6.07) is 9.73. The van der Waals surface area contributed by atoms with E-state index in [0.717, 1.165) is 30.5 Å². The summed E-state index contributed by atoms with van der Waals surface area (Å²) in [6.07, 6.45) is 7.91. The molecule has 1 aliphatic heterocycles. The van der Waals surface area contributed by atoms with Gasteiger partial charge in [0.25, 0.3) is 0 Å². The lowest BCUT2D eigenvalue weighted by atomic mass is 9.90. The number of amides is 1. The fourth-order valence-electron chi connectivity index (χ4n) is 4.18. The Balaban J connectivity index is 1.55. The summed E-state index contributed by atoms with van der Waals surface area (Å²) in [5.41, 5.74) is 2.10. The predicted octanol–water partition coefficient (Wildman–Crippen LogP) is 3.61. The quantitative estimate of drug-likeness (QED) is 0.743. The molecule has 1 saturated heterocycles. The van der Waals surface area contributed by atoms with E-state index in [9.17, 15) is 9.90 Å². The molecule has 1 aliphatic carbocycles. The number of carbonyl (C=O) groups is 1. The fourth-order valence-corrected chi connectivity index (χ4v) is 4.18. The van der Waals surface area contributed by atoms with Crippen molar-refractivity contribution in [2.24, 2.45) is 0 Å². The Morgan fingerprint density at radius 1 is 1.21 bits per heavy atom. The second kappa shape index (κ2) is 8.43. The highest BCUT2D eigenvalue weighted by molar-refractivity contribution is 5.77. The molecular formula is C22H30N4O2. The smallest absolute Gasteiger partial charge is 0.223 e. The van der Waals surface area contributed by atoms with Gasteiger partial charge in [0, 0.05) is 31.5 Å². The topological polar surface area (TPSA) is 71.2 Å². The number of aliphatic hydroxyl groups excluding tert-OH is 1. The molecule has 2 fully saturated rings. The molecule has 0 spiro atoms. The number of nitrogens with zero attached hydrogens (tertiary/aromatic N) is 4. The molecule has 6 heteroatoms. The van der Waals surface area contributed by atoms with Crippen LogP contribution >= 0.6 is 0 Å². The van der Waals surface area contributed by atoms with Gasteiger partial charge in [-0.2, -0.15) is 0 Å². The van der Waals surface area contributed by atoms with Crippen LogP contribution in [0, 0.1) is 0 Å². The SMILES string of the molecule is CCCCCC(=O)N1C[C@@H](n2cc(C3CC3)nn2)[C@H](O)C[C@H]1c1ccccc1. The van der Waals surface area contributed by atoms with E-state index in [2.05, 4.69) is 17.2 Å². The van der Waals surface area contributed by atoms with Gasteiger partial charge in [-0.05, 0) is 24.8 Å². The van der Waals surface area contributed by atoms with Gasteiger partial charge in [0.05, 0.1) is 23.9 Å². The maximum Gasteiger partial charge on any atom is 0.223 e. The second-order valence-electron chi connectivity index (χ2n) is 8.20. The second-order valence-corrected chi connectivity index (χ2v) is 8.20. The van der Waals surface area contributed by atoms with Crippen molar-refractivity contribution in [3.63, 3.8) is 0 Å². The van der Waals surface area contributed by atoms with Gasteiger partial charge in [0.15, 0.2) is 0 Å². The van der Waals surface area contributed by atoms with Crippen molar-refractivity contribution in [1.82, 2.24) is 19.9 Å². The Morgan fingerprint density at radius 3 is 2.71 bits per heavy atom. The molecule has 1 aromatic carbocycles. The van der Waals surface area contributed by atoms with Crippen LogP contribution in [0.4, 0.5) is 0 Å². The Bertz CT molecular complexity index is 787. The third-order valence-electron chi connectivity index (χ3n) is 6.03. The molecule has 2 heterocycles. The van der Waals surface area contributed by atoms with Gasteiger partial charge in [-0.3, -0.25) is 4.79 Å². The normalized spacial score (nSPS) is 25.1. The molecule has 1 aromatic heterocycles. The van der Waals surface area contributed by atoms with E-state index in [-0.39, 0.29) is 18.0 Å². The first-order valence-electron chi connectivity index (χ1n) is 10.6. The molecule has 1 saturated carbocycles. The minimum Gasteiger partial charge on any atom is -0.391 e. The number of carbonyl (C=O) groups excluding carboxylic acids is 1. The first kappa shape index (κ1) is 19.1. The maximum absolute atomic E-state index is 13.1. The van der Waals surface area contributed by atoms with Crippen LogP contribution in [0.25, 0.3) is 0 Å². The number of benzene rings is 1. The molecule has 1 N–H and O–H groups in total.